The third-order valence-corrected chi connectivity index (χ3v) is 3.19. The maximum Gasteiger partial charge on any atom is 0.222 e. The summed E-state index contributed by atoms with van der Waals surface area (Å²) in [6.07, 6.45) is 2.14. The summed E-state index contributed by atoms with van der Waals surface area (Å²) in [4.78, 5) is 13.5. The second-order valence-electron chi connectivity index (χ2n) is 4.78. The average molecular weight is 244 g/mol. The molecule has 1 heterocycles. The Morgan fingerprint density at radius 1 is 1.53 bits per heavy atom. The first-order valence-electron chi connectivity index (χ1n) is 6.25. The van der Waals surface area contributed by atoms with Crippen LogP contribution in [0.4, 0.5) is 0 Å². The molecule has 0 aliphatic carbocycles. The smallest absolute Gasteiger partial charge is 0.222 e. The number of likely N-dealkylation sites (N-methyl/N-ethyl adjacent to an activating group) is 1. The number of aliphatic hydroxyl groups excluding tert-OH is 1. The van der Waals surface area contributed by atoms with Gasteiger partial charge < -0.3 is 20.1 Å². The molecule has 0 unspecified atom stereocenters. The van der Waals surface area contributed by atoms with E-state index in [2.05, 4.69) is 5.32 Å². The van der Waals surface area contributed by atoms with Crippen molar-refractivity contribution in [3.63, 3.8) is 0 Å². The lowest BCUT2D eigenvalue weighted by Crippen LogP contribution is -2.38. The summed E-state index contributed by atoms with van der Waals surface area (Å²) in [5.74, 6) is 0.609. The van der Waals surface area contributed by atoms with E-state index in [0.29, 0.717) is 18.9 Å². The Hall–Kier alpha value is -0.650. The normalized spacial score (nSPS) is 19.0. The van der Waals surface area contributed by atoms with Crippen molar-refractivity contribution in [3.8, 4) is 0 Å². The summed E-state index contributed by atoms with van der Waals surface area (Å²) < 4.78 is 4.84. The maximum absolute atomic E-state index is 11.9. The molecule has 0 radical (unpaired) electrons. The van der Waals surface area contributed by atoms with Gasteiger partial charge in [-0.25, -0.2) is 0 Å². The predicted octanol–water partition coefficient (Wildman–Crippen LogP) is -0.158. The fourth-order valence-corrected chi connectivity index (χ4v) is 2.15. The topological polar surface area (TPSA) is 61.8 Å². The Labute approximate surface area is 103 Å². The van der Waals surface area contributed by atoms with E-state index in [1.807, 2.05) is 0 Å². The molecule has 0 aromatic rings. The van der Waals surface area contributed by atoms with Gasteiger partial charge in [0.25, 0.3) is 0 Å². The Morgan fingerprint density at radius 2 is 2.18 bits per heavy atom. The molecular formula is C12H24N2O3. The van der Waals surface area contributed by atoms with Gasteiger partial charge in [-0.3, -0.25) is 4.79 Å². The minimum Gasteiger partial charge on any atom is -0.389 e. The van der Waals surface area contributed by atoms with E-state index in [0.717, 1.165) is 25.9 Å². The van der Waals surface area contributed by atoms with Crippen LogP contribution in [-0.2, 0) is 9.53 Å². The molecule has 0 saturated carbocycles. The molecule has 1 fully saturated rings. The largest absolute Gasteiger partial charge is 0.389 e. The van der Waals surface area contributed by atoms with E-state index in [9.17, 15) is 9.90 Å². The Bertz CT molecular complexity index is 230. The number of carbonyl (C=O) groups excluding carboxylic acids is 1. The number of carbonyl (C=O) groups is 1. The maximum atomic E-state index is 11.9. The number of amides is 1. The summed E-state index contributed by atoms with van der Waals surface area (Å²) in [6.45, 7) is 2.63. The molecule has 0 aromatic carbocycles. The van der Waals surface area contributed by atoms with Crippen LogP contribution in [0, 0.1) is 5.92 Å². The number of hydrogen-bond donors (Lipinski definition) is 2. The van der Waals surface area contributed by atoms with Gasteiger partial charge in [0, 0.05) is 27.1 Å². The lowest BCUT2D eigenvalue weighted by atomic mass is 9.94. The van der Waals surface area contributed by atoms with Crippen LogP contribution in [0.1, 0.15) is 19.3 Å². The molecule has 17 heavy (non-hydrogen) atoms. The summed E-state index contributed by atoms with van der Waals surface area (Å²) >= 11 is 0. The number of methoxy groups -OCH3 is 1. The number of ether oxygens (including phenoxy) is 1. The summed E-state index contributed by atoms with van der Waals surface area (Å²) in [7, 11) is 3.28. The number of nitrogens with zero attached hydrogens (tertiary/aromatic N) is 1. The predicted molar refractivity (Wildman–Crippen MR) is 65.7 cm³/mol. The average Bonchev–Trinajstić information content (AvgIpc) is 2.30. The SMILES string of the molecule is COC[C@H](O)CN(C)C(=O)CC1CCNCC1. The molecule has 1 rings (SSSR count). The third-order valence-electron chi connectivity index (χ3n) is 3.19. The molecule has 1 saturated heterocycles. The molecule has 1 aliphatic heterocycles. The van der Waals surface area contributed by atoms with E-state index >= 15 is 0 Å². The first-order chi connectivity index (χ1) is 8.13. The van der Waals surface area contributed by atoms with Crippen molar-refractivity contribution in [3.05, 3.63) is 0 Å². The van der Waals surface area contributed by atoms with Crippen LogP contribution in [0.2, 0.25) is 0 Å². The zero-order valence-electron chi connectivity index (χ0n) is 10.8. The van der Waals surface area contributed by atoms with Gasteiger partial charge in [-0.1, -0.05) is 0 Å². The zero-order chi connectivity index (χ0) is 12.7. The molecule has 5 heteroatoms. The second-order valence-corrected chi connectivity index (χ2v) is 4.78. The van der Waals surface area contributed by atoms with Gasteiger partial charge in [0.05, 0.1) is 12.7 Å². The molecule has 2 N–H and O–H groups in total. The molecule has 1 amide bonds. The lowest BCUT2D eigenvalue weighted by molar-refractivity contribution is -0.132. The van der Waals surface area contributed by atoms with Gasteiger partial charge in [-0.2, -0.15) is 0 Å². The fraction of sp³-hybridized carbons (Fsp3) is 0.917. The van der Waals surface area contributed by atoms with Crippen molar-refractivity contribution >= 4 is 5.91 Å². The van der Waals surface area contributed by atoms with Crippen LogP contribution in [0.3, 0.4) is 0 Å². The summed E-state index contributed by atoms with van der Waals surface area (Å²) in [5, 5.41) is 12.8. The zero-order valence-corrected chi connectivity index (χ0v) is 10.8. The van der Waals surface area contributed by atoms with Crippen LogP contribution < -0.4 is 5.32 Å². The van der Waals surface area contributed by atoms with Crippen LogP contribution >= 0.6 is 0 Å². The van der Waals surface area contributed by atoms with Crippen LogP contribution in [0.15, 0.2) is 0 Å². The number of nitrogens with one attached hydrogen (secondary N) is 1. The third kappa shape index (κ3) is 5.48. The highest BCUT2D eigenvalue weighted by molar-refractivity contribution is 5.76. The van der Waals surface area contributed by atoms with Crippen LogP contribution in [0.25, 0.3) is 0 Å². The molecule has 0 spiro atoms. The van der Waals surface area contributed by atoms with Crippen molar-refractivity contribution in [2.24, 2.45) is 5.92 Å². The van der Waals surface area contributed by atoms with Crippen LogP contribution in [0.5, 0.6) is 0 Å². The molecular weight excluding hydrogens is 220 g/mol. The minimum absolute atomic E-state index is 0.118. The fourth-order valence-electron chi connectivity index (χ4n) is 2.15. The highest BCUT2D eigenvalue weighted by atomic mass is 16.5. The van der Waals surface area contributed by atoms with Gasteiger partial charge in [0.1, 0.15) is 0 Å². The number of piperidine rings is 1. The van der Waals surface area contributed by atoms with Crippen molar-refractivity contribution in [1.29, 1.82) is 0 Å². The number of rotatable bonds is 6. The number of hydrogen-bond acceptors (Lipinski definition) is 4. The van der Waals surface area contributed by atoms with E-state index in [-0.39, 0.29) is 12.5 Å². The van der Waals surface area contributed by atoms with Crippen molar-refractivity contribution in [2.75, 3.05) is 40.4 Å². The van der Waals surface area contributed by atoms with Gasteiger partial charge in [0.2, 0.25) is 5.91 Å². The standard InChI is InChI=1S/C12H24N2O3/c1-14(8-11(15)9-17-2)12(16)7-10-3-5-13-6-4-10/h10-11,13,15H,3-9H2,1-2H3/t11-/m1/s1. The molecule has 0 aromatic heterocycles. The molecule has 5 nitrogen and oxygen atoms in total. The van der Waals surface area contributed by atoms with Gasteiger partial charge in [-0.05, 0) is 31.8 Å². The van der Waals surface area contributed by atoms with Gasteiger partial charge in [0.15, 0.2) is 0 Å². The Morgan fingerprint density at radius 3 is 2.76 bits per heavy atom. The van der Waals surface area contributed by atoms with Crippen molar-refractivity contribution in [1.82, 2.24) is 10.2 Å². The monoisotopic (exact) mass is 244 g/mol. The molecule has 1 aliphatic rings. The Balaban J connectivity index is 2.25. The lowest BCUT2D eigenvalue weighted by Gasteiger charge is -2.26. The van der Waals surface area contributed by atoms with Crippen molar-refractivity contribution < 1.29 is 14.6 Å². The first kappa shape index (κ1) is 14.4. The number of aliphatic hydroxyl groups is 1. The second kappa shape index (κ2) is 7.63. The summed E-state index contributed by atoms with van der Waals surface area (Å²) in [6, 6.07) is 0. The molecule has 0 bridgehead atoms. The minimum atomic E-state index is -0.595. The highest BCUT2D eigenvalue weighted by Crippen LogP contribution is 2.16. The van der Waals surface area contributed by atoms with Crippen molar-refractivity contribution in [2.45, 2.75) is 25.4 Å². The van der Waals surface area contributed by atoms with Gasteiger partial charge >= 0.3 is 0 Å². The Kier molecular flexibility index (Phi) is 6.47. The van der Waals surface area contributed by atoms with E-state index in [1.54, 1.807) is 19.1 Å². The first-order valence-corrected chi connectivity index (χ1v) is 6.25. The quantitative estimate of drug-likeness (QED) is 0.682. The van der Waals surface area contributed by atoms with E-state index < -0.39 is 6.10 Å². The summed E-state index contributed by atoms with van der Waals surface area (Å²) in [5.41, 5.74) is 0. The van der Waals surface area contributed by atoms with Gasteiger partial charge in [-0.15, -0.1) is 0 Å². The molecule has 1 atom stereocenters. The molecule has 100 valence electrons. The van der Waals surface area contributed by atoms with E-state index in [4.69, 9.17) is 4.74 Å². The highest BCUT2D eigenvalue weighted by Gasteiger charge is 2.20. The van der Waals surface area contributed by atoms with Crippen LogP contribution in [-0.4, -0.2) is 62.4 Å². The van der Waals surface area contributed by atoms with E-state index in [1.165, 1.54) is 0 Å².